The fraction of sp³-hybridized carbons (Fsp3) is 0.455. The lowest BCUT2D eigenvalue weighted by molar-refractivity contribution is -0.119. The fourth-order valence-corrected chi connectivity index (χ4v) is 3.56. The van der Waals surface area contributed by atoms with Gasteiger partial charge in [-0.05, 0) is 38.0 Å². The van der Waals surface area contributed by atoms with Crippen LogP contribution in [0.1, 0.15) is 31.6 Å². The molecule has 1 fully saturated rings. The molecule has 2 heterocycles. The molecule has 0 saturated carbocycles. The number of rotatable bonds is 8. The lowest BCUT2D eigenvalue weighted by atomic mass is 10.2. The van der Waals surface area contributed by atoms with Crippen LogP contribution < -0.4 is 16.0 Å². The van der Waals surface area contributed by atoms with Crippen molar-refractivity contribution in [1.82, 2.24) is 20.9 Å². The summed E-state index contributed by atoms with van der Waals surface area (Å²) in [7, 11) is 0. The van der Waals surface area contributed by atoms with E-state index in [1.54, 1.807) is 12.3 Å². The number of carbonyl (C=O) groups is 1. The summed E-state index contributed by atoms with van der Waals surface area (Å²) in [5.41, 5.74) is 1.33. The number of benzene rings is 1. The van der Waals surface area contributed by atoms with E-state index in [1.807, 2.05) is 19.1 Å². The quantitative estimate of drug-likeness (QED) is 0.281. The molecule has 2 atom stereocenters. The number of halogens is 1. The fourth-order valence-electron chi connectivity index (χ4n) is 3.56. The zero-order valence-corrected chi connectivity index (χ0v) is 20.0. The highest BCUT2D eigenvalue weighted by molar-refractivity contribution is 14.0. The monoisotopic (exact) mass is 525 g/mol. The number of amides is 1. The van der Waals surface area contributed by atoms with Crippen molar-refractivity contribution < 1.29 is 9.21 Å². The maximum absolute atomic E-state index is 12.1. The predicted molar refractivity (Wildman–Crippen MR) is 130 cm³/mol. The van der Waals surface area contributed by atoms with Gasteiger partial charge >= 0.3 is 0 Å². The van der Waals surface area contributed by atoms with E-state index in [4.69, 9.17) is 4.42 Å². The second-order valence-electron chi connectivity index (χ2n) is 7.39. The number of aliphatic imine (C=N–C) groups is 1. The molecule has 0 spiro atoms. The first-order chi connectivity index (χ1) is 14.1. The lowest BCUT2D eigenvalue weighted by Crippen LogP contribution is -2.45. The molecule has 164 valence electrons. The second-order valence-corrected chi connectivity index (χ2v) is 7.39. The van der Waals surface area contributed by atoms with Crippen LogP contribution in [0.2, 0.25) is 0 Å². The van der Waals surface area contributed by atoms with E-state index >= 15 is 0 Å². The largest absolute Gasteiger partial charge is 0.467 e. The summed E-state index contributed by atoms with van der Waals surface area (Å²) in [5, 5.41) is 9.54. The van der Waals surface area contributed by atoms with Crippen molar-refractivity contribution >= 4 is 35.8 Å². The molecule has 1 saturated heterocycles. The Bertz CT molecular complexity index is 782. The molecule has 1 amide bonds. The summed E-state index contributed by atoms with van der Waals surface area (Å²) >= 11 is 0. The molecule has 1 aromatic heterocycles. The minimum atomic E-state index is -0.135. The van der Waals surface area contributed by atoms with Crippen LogP contribution in [0.4, 0.5) is 0 Å². The zero-order chi connectivity index (χ0) is 20.5. The second kappa shape index (κ2) is 12.6. The van der Waals surface area contributed by atoms with E-state index in [-0.39, 0.29) is 36.4 Å². The molecule has 3 rings (SSSR count). The van der Waals surface area contributed by atoms with E-state index in [0.717, 1.165) is 31.8 Å². The first kappa shape index (κ1) is 24.2. The molecule has 1 aliphatic rings. The Morgan fingerprint density at radius 3 is 2.70 bits per heavy atom. The van der Waals surface area contributed by atoms with Crippen molar-refractivity contribution in [3.63, 3.8) is 0 Å². The Kier molecular flexibility index (Phi) is 10.2. The summed E-state index contributed by atoms with van der Waals surface area (Å²) < 4.78 is 5.22. The first-order valence-corrected chi connectivity index (χ1v) is 10.3. The number of hydrogen-bond acceptors (Lipinski definition) is 4. The number of likely N-dealkylation sites (tertiary alicyclic amines) is 1. The Balaban J connectivity index is 0.00000320. The summed E-state index contributed by atoms with van der Waals surface area (Å²) in [6.07, 6.45) is 2.64. The van der Waals surface area contributed by atoms with Crippen LogP contribution in [0.3, 0.4) is 0 Å². The molecule has 30 heavy (non-hydrogen) atoms. The van der Waals surface area contributed by atoms with Crippen LogP contribution in [0.5, 0.6) is 0 Å². The Morgan fingerprint density at radius 1 is 1.20 bits per heavy atom. The number of hydrogen-bond donors (Lipinski definition) is 3. The van der Waals surface area contributed by atoms with Gasteiger partial charge in [-0.2, -0.15) is 0 Å². The van der Waals surface area contributed by atoms with Crippen LogP contribution in [-0.2, 0) is 17.9 Å². The van der Waals surface area contributed by atoms with Crippen molar-refractivity contribution in [1.29, 1.82) is 0 Å². The SMILES string of the molecule is CCNC(=NCC(=O)NCc1ccco1)NC1CC(C)N(Cc2ccccc2)C1.I. The minimum Gasteiger partial charge on any atom is -0.467 e. The maximum Gasteiger partial charge on any atom is 0.242 e. The lowest BCUT2D eigenvalue weighted by Gasteiger charge is -2.21. The average molecular weight is 525 g/mol. The molecule has 2 unspecified atom stereocenters. The van der Waals surface area contributed by atoms with Gasteiger partial charge in [-0.1, -0.05) is 30.3 Å². The van der Waals surface area contributed by atoms with Crippen LogP contribution in [0.15, 0.2) is 58.1 Å². The average Bonchev–Trinajstić information content (AvgIpc) is 3.35. The topological polar surface area (TPSA) is 81.9 Å². The molecule has 7 nitrogen and oxygen atoms in total. The van der Waals surface area contributed by atoms with E-state index in [1.165, 1.54) is 5.56 Å². The number of nitrogens with zero attached hydrogens (tertiary/aromatic N) is 2. The van der Waals surface area contributed by atoms with Gasteiger partial charge in [-0.15, -0.1) is 24.0 Å². The van der Waals surface area contributed by atoms with Crippen molar-refractivity contribution in [3.05, 3.63) is 60.1 Å². The number of guanidine groups is 1. The third-order valence-electron chi connectivity index (χ3n) is 5.04. The van der Waals surface area contributed by atoms with Crippen molar-refractivity contribution in [3.8, 4) is 0 Å². The van der Waals surface area contributed by atoms with Gasteiger partial charge in [0.25, 0.3) is 0 Å². The van der Waals surface area contributed by atoms with Gasteiger partial charge in [-0.25, -0.2) is 4.99 Å². The van der Waals surface area contributed by atoms with Gasteiger partial charge in [-0.3, -0.25) is 9.69 Å². The van der Waals surface area contributed by atoms with Crippen LogP contribution in [0, 0.1) is 0 Å². The normalized spacial score (nSPS) is 19.2. The maximum atomic E-state index is 12.1. The van der Waals surface area contributed by atoms with Crippen LogP contribution >= 0.6 is 24.0 Å². The predicted octanol–water partition coefficient (Wildman–Crippen LogP) is 2.73. The van der Waals surface area contributed by atoms with Gasteiger partial charge in [0.05, 0.1) is 12.8 Å². The van der Waals surface area contributed by atoms with E-state index in [9.17, 15) is 4.79 Å². The third kappa shape index (κ3) is 7.64. The smallest absolute Gasteiger partial charge is 0.242 e. The summed E-state index contributed by atoms with van der Waals surface area (Å²) in [4.78, 5) is 19.0. The van der Waals surface area contributed by atoms with Crippen molar-refractivity contribution in [2.75, 3.05) is 19.6 Å². The standard InChI is InChI=1S/C22H31N5O2.HI/c1-3-23-22(25-14-21(28)24-13-20-10-7-11-29-20)26-19-12-17(2)27(16-19)15-18-8-5-4-6-9-18;/h4-11,17,19H,3,12-16H2,1-2H3,(H,24,28)(H2,23,25,26);1H. The van der Waals surface area contributed by atoms with Crippen molar-refractivity contribution in [2.24, 2.45) is 4.99 Å². The number of nitrogens with one attached hydrogen (secondary N) is 3. The molecular formula is C22H32IN5O2. The summed E-state index contributed by atoms with van der Waals surface area (Å²) in [6, 6.07) is 15.0. The number of furan rings is 1. The molecular weight excluding hydrogens is 493 g/mol. The molecule has 8 heteroatoms. The highest BCUT2D eigenvalue weighted by Gasteiger charge is 2.29. The van der Waals surface area contributed by atoms with E-state index in [2.05, 4.69) is 57.0 Å². The van der Waals surface area contributed by atoms with Crippen molar-refractivity contribution in [2.45, 2.75) is 45.4 Å². The highest BCUT2D eigenvalue weighted by Crippen LogP contribution is 2.20. The van der Waals surface area contributed by atoms with Gasteiger partial charge < -0.3 is 20.4 Å². The van der Waals surface area contributed by atoms with Gasteiger partial charge in [0.2, 0.25) is 5.91 Å². The molecule has 3 N–H and O–H groups in total. The molecule has 1 aromatic carbocycles. The molecule has 1 aliphatic heterocycles. The third-order valence-corrected chi connectivity index (χ3v) is 5.04. The molecule has 2 aromatic rings. The molecule has 0 radical (unpaired) electrons. The van der Waals surface area contributed by atoms with E-state index < -0.39 is 0 Å². The number of carbonyl (C=O) groups excluding carboxylic acids is 1. The minimum absolute atomic E-state index is 0. The van der Waals surface area contributed by atoms with Gasteiger partial charge in [0, 0.05) is 31.7 Å². The molecule has 0 aliphatic carbocycles. The summed E-state index contributed by atoms with van der Waals surface area (Å²) in [6.45, 7) is 7.37. The molecule has 0 bridgehead atoms. The Hall–Kier alpha value is -2.07. The first-order valence-electron chi connectivity index (χ1n) is 10.3. The van der Waals surface area contributed by atoms with E-state index in [0.29, 0.717) is 24.6 Å². The van der Waals surface area contributed by atoms with Gasteiger partial charge in [0.15, 0.2) is 5.96 Å². The summed E-state index contributed by atoms with van der Waals surface area (Å²) in [5.74, 6) is 1.27. The van der Waals surface area contributed by atoms with Crippen LogP contribution in [-0.4, -0.2) is 48.5 Å². The van der Waals surface area contributed by atoms with Crippen LogP contribution in [0.25, 0.3) is 0 Å². The highest BCUT2D eigenvalue weighted by atomic mass is 127. The zero-order valence-electron chi connectivity index (χ0n) is 17.6. The Morgan fingerprint density at radius 2 is 2.00 bits per heavy atom. The Labute approximate surface area is 195 Å². The van der Waals surface area contributed by atoms with Gasteiger partial charge in [0.1, 0.15) is 12.3 Å².